The number of aromatic nitrogens is 2. The molecule has 1 saturated heterocycles. The lowest BCUT2D eigenvalue weighted by molar-refractivity contribution is 0.0342. The summed E-state index contributed by atoms with van der Waals surface area (Å²) in [7, 11) is 0. The fraction of sp³-hybridized carbons (Fsp3) is 0.312. The molecule has 2 heterocycles. The first-order valence-corrected chi connectivity index (χ1v) is 7.85. The van der Waals surface area contributed by atoms with Crippen LogP contribution in [0.25, 0.3) is 0 Å². The Bertz CT molecular complexity index is 781. The number of nitrogens with one attached hydrogen (secondary N) is 1. The van der Waals surface area contributed by atoms with Crippen molar-refractivity contribution in [1.82, 2.24) is 9.78 Å². The fourth-order valence-corrected chi connectivity index (χ4v) is 2.76. The van der Waals surface area contributed by atoms with E-state index in [1.54, 1.807) is 35.1 Å². The van der Waals surface area contributed by atoms with Crippen LogP contribution >= 0.6 is 11.6 Å². The van der Waals surface area contributed by atoms with Crippen molar-refractivity contribution in [1.29, 1.82) is 5.26 Å². The number of hydrogen-bond donors (Lipinski definition) is 2. The molecule has 8 heteroatoms. The first kappa shape index (κ1) is 16.3. The van der Waals surface area contributed by atoms with Gasteiger partial charge < -0.3 is 15.8 Å². The van der Waals surface area contributed by atoms with Gasteiger partial charge in [-0.2, -0.15) is 10.4 Å². The maximum Gasteiger partial charge on any atom is 0.254 e. The van der Waals surface area contributed by atoms with Crippen LogP contribution in [0.4, 0.5) is 11.5 Å². The van der Waals surface area contributed by atoms with Crippen molar-refractivity contribution in [3.05, 3.63) is 41.0 Å². The zero-order valence-corrected chi connectivity index (χ0v) is 13.5. The monoisotopic (exact) mass is 345 g/mol. The Morgan fingerprint density at radius 1 is 1.46 bits per heavy atom. The van der Waals surface area contributed by atoms with Crippen molar-refractivity contribution in [3.8, 4) is 6.07 Å². The minimum atomic E-state index is -0.594. The van der Waals surface area contributed by atoms with Crippen LogP contribution in [0.2, 0.25) is 5.02 Å². The molecule has 3 N–H and O–H groups in total. The van der Waals surface area contributed by atoms with E-state index in [1.165, 1.54) is 0 Å². The molecule has 1 aliphatic heterocycles. The summed E-state index contributed by atoms with van der Waals surface area (Å²) >= 11 is 5.87. The Morgan fingerprint density at radius 3 is 2.88 bits per heavy atom. The molecule has 7 nitrogen and oxygen atoms in total. The van der Waals surface area contributed by atoms with Crippen molar-refractivity contribution in [2.24, 2.45) is 11.7 Å². The number of nitrogens with two attached hydrogens (primary N) is 1. The number of primary amides is 1. The summed E-state index contributed by atoms with van der Waals surface area (Å²) in [5.74, 6) is -0.474. The Kier molecular flexibility index (Phi) is 4.69. The van der Waals surface area contributed by atoms with Crippen LogP contribution in [0.3, 0.4) is 0 Å². The SMILES string of the molecule is N#CC1CCOCC1n1cc(C(N)=O)c(Nc2ccc(Cl)cc2)n1. The summed E-state index contributed by atoms with van der Waals surface area (Å²) in [5.41, 5.74) is 6.44. The van der Waals surface area contributed by atoms with Crippen LogP contribution in [-0.2, 0) is 4.74 Å². The highest BCUT2D eigenvalue weighted by Gasteiger charge is 2.29. The number of benzene rings is 1. The molecule has 0 aliphatic carbocycles. The number of rotatable bonds is 4. The molecule has 0 spiro atoms. The molecule has 2 atom stereocenters. The van der Waals surface area contributed by atoms with Gasteiger partial charge >= 0.3 is 0 Å². The lowest BCUT2D eigenvalue weighted by atomic mass is 9.97. The summed E-state index contributed by atoms with van der Waals surface area (Å²) < 4.78 is 7.04. The van der Waals surface area contributed by atoms with Gasteiger partial charge in [-0.1, -0.05) is 11.6 Å². The normalized spacial score (nSPS) is 20.3. The van der Waals surface area contributed by atoms with Gasteiger partial charge in [0, 0.05) is 23.5 Å². The van der Waals surface area contributed by atoms with Gasteiger partial charge in [-0.3, -0.25) is 9.48 Å². The number of ether oxygens (including phenoxy) is 1. The molecule has 2 unspecified atom stereocenters. The average Bonchev–Trinajstić information content (AvgIpc) is 3.01. The zero-order valence-electron chi connectivity index (χ0n) is 12.8. The highest BCUT2D eigenvalue weighted by atomic mass is 35.5. The van der Waals surface area contributed by atoms with Crippen molar-refractivity contribution in [3.63, 3.8) is 0 Å². The molecule has 1 fully saturated rings. The molecule has 0 saturated carbocycles. The second-order valence-corrected chi connectivity index (χ2v) is 5.97. The molecular weight excluding hydrogens is 330 g/mol. The Morgan fingerprint density at radius 2 is 2.21 bits per heavy atom. The third-order valence-corrected chi connectivity index (χ3v) is 4.19. The second-order valence-electron chi connectivity index (χ2n) is 5.53. The van der Waals surface area contributed by atoms with E-state index in [9.17, 15) is 10.1 Å². The summed E-state index contributed by atoms with van der Waals surface area (Å²) in [6, 6.07) is 9.03. The van der Waals surface area contributed by atoms with Gasteiger partial charge in [0.2, 0.25) is 0 Å². The third-order valence-electron chi connectivity index (χ3n) is 3.94. The van der Waals surface area contributed by atoms with Gasteiger partial charge in [0.1, 0.15) is 5.56 Å². The molecule has 2 aromatic rings. The van der Waals surface area contributed by atoms with E-state index in [0.717, 1.165) is 5.69 Å². The summed E-state index contributed by atoms with van der Waals surface area (Å²) in [5, 5.41) is 17.4. The smallest absolute Gasteiger partial charge is 0.254 e. The van der Waals surface area contributed by atoms with Gasteiger partial charge in [0.15, 0.2) is 5.82 Å². The van der Waals surface area contributed by atoms with Crippen LogP contribution in [-0.4, -0.2) is 28.9 Å². The average molecular weight is 346 g/mol. The quantitative estimate of drug-likeness (QED) is 0.885. The molecule has 1 aromatic heterocycles. The summed E-state index contributed by atoms with van der Waals surface area (Å²) in [6.07, 6.45) is 2.19. The standard InChI is InChI=1S/C16H16ClN5O2/c17-11-1-3-12(4-2-11)20-16-13(15(19)23)8-22(21-16)14-9-24-6-5-10(14)7-18/h1-4,8,10,14H,5-6,9H2,(H2,19,23)(H,20,21). The molecule has 0 radical (unpaired) electrons. The number of amides is 1. The van der Waals surface area contributed by atoms with Crippen molar-refractivity contribution < 1.29 is 9.53 Å². The molecule has 0 bridgehead atoms. The van der Waals surface area contributed by atoms with E-state index in [-0.39, 0.29) is 17.5 Å². The third kappa shape index (κ3) is 3.35. The number of halogens is 1. The van der Waals surface area contributed by atoms with Crippen LogP contribution in [0.5, 0.6) is 0 Å². The molecule has 3 rings (SSSR count). The number of carbonyl (C=O) groups excluding carboxylic acids is 1. The minimum absolute atomic E-state index is 0.220. The number of carbonyl (C=O) groups is 1. The Balaban J connectivity index is 1.91. The molecular formula is C16H16ClN5O2. The maximum absolute atomic E-state index is 11.7. The van der Waals surface area contributed by atoms with Gasteiger partial charge in [0.25, 0.3) is 5.91 Å². The molecule has 1 amide bonds. The fourth-order valence-electron chi connectivity index (χ4n) is 2.64. The van der Waals surface area contributed by atoms with E-state index >= 15 is 0 Å². The summed E-state index contributed by atoms with van der Waals surface area (Å²) in [4.78, 5) is 11.7. The Labute approximate surface area is 144 Å². The number of hydrogen-bond acceptors (Lipinski definition) is 5. The zero-order chi connectivity index (χ0) is 17.1. The van der Waals surface area contributed by atoms with Crippen LogP contribution in [0.1, 0.15) is 22.8 Å². The Hall–Kier alpha value is -2.56. The van der Waals surface area contributed by atoms with Crippen LogP contribution < -0.4 is 11.1 Å². The minimum Gasteiger partial charge on any atom is -0.379 e. The maximum atomic E-state index is 11.7. The van der Waals surface area contributed by atoms with E-state index in [4.69, 9.17) is 22.1 Å². The predicted molar refractivity (Wildman–Crippen MR) is 89.1 cm³/mol. The van der Waals surface area contributed by atoms with Gasteiger partial charge in [0.05, 0.1) is 24.6 Å². The number of anilines is 2. The number of nitrogens with zero attached hydrogens (tertiary/aromatic N) is 3. The van der Waals surface area contributed by atoms with Crippen molar-refractivity contribution >= 4 is 29.0 Å². The van der Waals surface area contributed by atoms with Crippen LogP contribution in [0, 0.1) is 17.2 Å². The van der Waals surface area contributed by atoms with Gasteiger partial charge in [-0.25, -0.2) is 0 Å². The van der Waals surface area contributed by atoms with Gasteiger partial charge in [-0.15, -0.1) is 0 Å². The van der Waals surface area contributed by atoms with E-state index in [2.05, 4.69) is 16.5 Å². The summed E-state index contributed by atoms with van der Waals surface area (Å²) in [6.45, 7) is 0.924. The predicted octanol–water partition coefficient (Wildman–Crippen LogP) is 2.48. The van der Waals surface area contributed by atoms with Crippen LogP contribution in [0.15, 0.2) is 30.5 Å². The highest BCUT2D eigenvalue weighted by molar-refractivity contribution is 6.30. The van der Waals surface area contributed by atoms with Crippen molar-refractivity contribution in [2.75, 3.05) is 18.5 Å². The first-order chi connectivity index (χ1) is 11.6. The van der Waals surface area contributed by atoms with E-state index in [0.29, 0.717) is 30.5 Å². The largest absolute Gasteiger partial charge is 0.379 e. The topological polar surface area (TPSA) is 106 Å². The second kappa shape index (κ2) is 6.91. The molecule has 24 heavy (non-hydrogen) atoms. The lowest BCUT2D eigenvalue weighted by Gasteiger charge is -2.26. The first-order valence-electron chi connectivity index (χ1n) is 7.47. The number of nitriles is 1. The lowest BCUT2D eigenvalue weighted by Crippen LogP contribution is -2.29. The molecule has 124 valence electrons. The van der Waals surface area contributed by atoms with Crippen molar-refractivity contribution in [2.45, 2.75) is 12.5 Å². The van der Waals surface area contributed by atoms with E-state index in [1.807, 2.05) is 0 Å². The highest BCUT2D eigenvalue weighted by Crippen LogP contribution is 2.28. The molecule has 1 aromatic carbocycles. The van der Waals surface area contributed by atoms with Gasteiger partial charge in [-0.05, 0) is 30.7 Å². The van der Waals surface area contributed by atoms with E-state index < -0.39 is 5.91 Å². The molecule has 1 aliphatic rings.